The molecule has 0 spiro atoms. The molecule has 22 heavy (non-hydrogen) atoms. The van der Waals surface area contributed by atoms with Crippen molar-refractivity contribution in [3.8, 4) is 0 Å². The lowest BCUT2D eigenvalue weighted by atomic mass is 10.0. The molecule has 1 saturated heterocycles. The predicted molar refractivity (Wildman–Crippen MR) is 85.7 cm³/mol. The summed E-state index contributed by atoms with van der Waals surface area (Å²) in [6.45, 7) is 4.86. The van der Waals surface area contributed by atoms with Crippen molar-refractivity contribution in [2.45, 2.75) is 24.7 Å². The summed E-state index contributed by atoms with van der Waals surface area (Å²) in [5.74, 6) is 0.343. The molecule has 0 atom stereocenters. The maximum atomic E-state index is 12.6. The van der Waals surface area contributed by atoms with Crippen molar-refractivity contribution in [1.29, 1.82) is 0 Å². The third kappa shape index (κ3) is 3.68. The van der Waals surface area contributed by atoms with Gasteiger partial charge < -0.3 is 0 Å². The smallest absolute Gasteiger partial charge is 0.213 e. The van der Waals surface area contributed by atoms with E-state index >= 15 is 0 Å². The number of hydrogen-bond acceptors (Lipinski definition) is 4. The first-order valence-electron chi connectivity index (χ1n) is 7.17. The molecule has 1 aromatic rings. The van der Waals surface area contributed by atoms with E-state index in [0.717, 1.165) is 11.8 Å². The summed E-state index contributed by atoms with van der Waals surface area (Å²) >= 11 is 0. The molecule has 8 heteroatoms. The van der Waals surface area contributed by atoms with Crippen LogP contribution < -0.4 is 0 Å². The van der Waals surface area contributed by atoms with E-state index in [1.807, 2.05) is 26.0 Å². The summed E-state index contributed by atoms with van der Waals surface area (Å²) < 4.78 is 50.8. The molecule has 2 rings (SSSR count). The van der Waals surface area contributed by atoms with Gasteiger partial charge in [0.15, 0.2) is 0 Å². The van der Waals surface area contributed by atoms with Gasteiger partial charge in [-0.25, -0.2) is 16.8 Å². The fourth-order valence-corrected chi connectivity index (χ4v) is 4.66. The van der Waals surface area contributed by atoms with Crippen molar-refractivity contribution in [1.82, 2.24) is 8.61 Å². The van der Waals surface area contributed by atoms with Gasteiger partial charge in [-0.15, -0.1) is 0 Å². The Labute approximate surface area is 132 Å². The summed E-state index contributed by atoms with van der Waals surface area (Å²) in [4.78, 5) is 0.254. The van der Waals surface area contributed by atoms with Crippen molar-refractivity contribution in [3.05, 3.63) is 29.8 Å². The van der Waals surface area contributed by atoms with Crippen LogP contribution in [0.3, 0.4) is 0 Å². The molecule has 0 bridgehead atoms. The lowest BCUT2D eigenvalue weighted by molar-refractivity contribution is 0.274. The van der Waals surface area contributed by atoms with E-state index in [9.17, 15) is 16.8 Å². The second-order valence-electron chi connectivity index (χ2n) is 5.79. The third-order valence-electron chi connectivity index (χ3n) is 3.85. The molecule has 1 aliphatic rings. The van der Waals surface area contributed by atoms with Gasteiger partial charge >= 0.3 is 0 Å². The van der Waals surface area contributed by atoms with Crippen molar-refractivity contribution in [3.63, 3.8) is 0 Å². The van der Waals surface area contributed by atoms with Crippen molar-refractivity contribution >= 4 is 20.0 Å². The van der Waals surface area contributed by atoms with Crippen molar-refractivity contribution < 1.29 is 16.8 Å². The molecule has 1 heterocycles. The Morgan fingerprint density at radius 1 is 0.864 bits per heavy atom. The molecular weight excluding hydrogens is 324 g/mol. The Bertz CT molecular complexity index is 717. The Hall–Kier alpha value is -0.960. The zero-order valence-electron chi connectivity index (χ0n) is 13.1. The molecule has 1 aromatic carbocycles. The van der Waals surface area contributed by atoms with Crippen LogP contribution in [0.25, 0.3) is 0 Å². The van der Waals surface area contributed by atoms with Crippen LogP contribution in [0.4, 0.5) is 0 Å². The lowest BCUT2D eigenvalue weighted by Crippen LogP contribution is -2.50. The average Bonchev–Trinajstić information content (AvgIpc) is 2.46. The molecule has 1 fully saturated rings. The standard InChI is InChI=1S/C14H22N2O4S2/c1-12(2)13-4-6-14(7-5-13)22(19,20)16-10-8-15(9-11-16)21(3,17)18/h4-7,12H,8-11H2,1-3H3. The highest BCUT2D eigenvalue weighted by Gasteiger charge is 2.31. The van der Waals surface area contributed by atoms with Crippen LogP contribution >= 0.6 is 0 Å². The van der Waals surface area contributed by atoms with E-state index in [1.165, 1.54) is 8.61 Å². The Morgan fingerprint density at radius 2 is 1.32 bits per heavy atom. The highest BCUT2D eigenvalue weighted by molar-refractivity contribution is 7.89. The van der Waals surface area contributed by atoms with Crippen LogP contribution in [0.2, 0.25) is 0 Å². The zero-order valence-corrected chi connectivity index (χ0v) is 14.7. The normalized spacial score (nSPS) is 18.7. The summed E-state index contributed by atoms with van der Waals surface area (Å²) in [5.41, 5.74) is 1.08. The largest absolute Gasteiger partial charge is 0.243 e. The van der Waals surface area contributed by atoms with Gasteiger partial charge in [0.2, 0.25) is 20.0 Å². The van der Waals surface area contributed by atoms with Crippen molar-refractivity contribution in [2.24, 2.45) is 0 Å². The Kier molecular flexibility index (Phi) is 4.96. The van der Waals surface area contributed by atoms with E-state index in [1.54, 1.807) is 12.1 Å². The highest BCUT2D eigenvalue weighted by Crippen LogP contribution is 2.21. The van der Waals surface area contributed by atoms with Crippen LogP contribution in [0.1, 0.15) is 25.3 Å². The van der Waals surface area contributed by atoms with Gasteiger partial charge in [0.05, 0.1) is 11.2 Å². The maximum absolute atomic E-state index is 12.6. The summed E-state index contributed by atoms with van der Waals surface area (Å²) in [7, 11) is -6.82. The van der Waals surface area contributed by atoms with E-state index in [-0.39, 0.29) is 31.1 Å². The molecule has 0 radical (unpaired) electrons. The number of piperazine rings is 1. The molecule has 0 amide bonds. The van der Waals surface area contributed by atoms with Gasteiger partial charge in [-0.3, -0.25) is 0 Å². The SMILES string of the molecule is CC(C)c1ccc(S(=O)(=O)N2CCN(S(C)(=O)=O)CC2)cc1. The van der Waals surface area contributed by atoms with Gasteiger partial charge in [0.25, 0.3) is 0 Å². The molecule has 1 aliphatic heterocycles. The second kappa shape index (κ2) is 6.27. The fourth-order valence-electron chi connectivity index (χ4n) is 2.42. The highest BCUT2D eigenvalue weighted by atomic mass is 32.2. The monoisotopic (exact) mass is 346 g/mol. The first-order chi connectivity index (χ1) is 10.1. The number of benzene rings is 1. The van der Waals surface area contributed by atoms with Crippen molar-refractivity contribution in [2.75, 3.05) is 32.4 Å². The maximum Gasteiger partial charge on any atom is 0.243 e. The van der Waals surface area contributed by atoms with Gasteiger partial charge in [-0.1, -0.05) is 26.0 Å². The van der Waals surface area contributed by atoms with Gasteiger partial charge in [0, 0.05) is 26.2 Å². The van der Waals surface area contributed by atoms with Crippen LogP contribution in [0.5, 0.6) is 0 Å². The van der Waals surface area contributed by atoms with Crippen LogP contribution in [0, 0.1) is 0 Å². The van der Waals surface area contributed by atoms with E-state index < -0.39 is 20.0 Å². The molecule has 0 aromatic heterocycles. The molecule has 0 N–H and O–H groups in total. The van der Waals surface area contributed by atoms with Gasteiger partial charge in [-0.2, -0.15) is 8.61 Å². The third-order valence-corrected chi connectivity index (χ3v) is 7.07. The van der Waals surface area contributed by atoms with Gasteiger partial charge in [0.1, 0.15) is 0 Å². The van der Waals surface area contributed by atoms with E-state index in [0.29, 0.717) is 5.92 Å². The van der Waals surface area contributed by atoms with Crippen LogP contribution in [-0.4, -0.2) is 57.9 Å². The van der Waals surface area contributed by atoms with Crippen LogP contribution in [0.15, 0.2) is 29.2 Å². The summed E-state index contributed by atoms with van der Waals surface area (Å²) in [5, 5.41) is 0. The number of rotatable bonds is 4. The molecule has 6 nitrogen and oxygen atoms in total. The quantitative estimate of drug-likeness (QED) is 0.817. The van der Waals surface area contributed by atoms with Gasteiger partial charge in [-0.05, 0) is 23.6 Å². The zero-order chi connectivity index (χ0) is 16.5. The minimum atomic E-state index is -3.56. The molecular formula is C14H22N2O4S2. The predicted octanol–water partition coefficient (Wildman–Crippen LogP) is 1.08. The van der Waals surface area contributed by atoms with E-state index in [4.69, 9.17) is 0 Å². The summed E-state index contributed by atoms with van der Waals surface area (Å²) in [6.07, 6.45) is 1.14. The Morgan fingerprint density at radius 3 is 1.73 bits per heavy atom. The second-order valence-corrected chi connectivity index (χ2v) is 9.71. The number of nitrogens with zero attached hydrogens (tertiary/aromatic N) is 2. The molecule has 0 aliphatic carbocycles. The Balaban J connectivity index is 2.15. The number of hydrogen-bond donors (Lipinski definition) is 0. The first kappa shape index (κ1) is 17.4. The summed E-state index contributed by atoms with van der Waals surface area (Å²) in [6, 6.07) is 6.88. The first-order valence-corrected chi connectivity index (χ1v) is 10.5. The number of sulfonamides is 2. The lowest BCUT2D eigenvalue weighted by Gasteiger charge is -2.32. The molecule has 0 unspecified atom stereocenters. The average molecular weight is 346 g/mol. The van der Waals surface area contributed by atoms with E-state index in [2.05, 4.69) is 0 Å². The topological polar surface area (TPSA) is 74.8 Å². The minimum Gasteiger partial charge on any atom is -0.213 e. The fraction of sp³-hybridized carbons (Fsp3) is 0.571. The van der Waals surface area contributed by atoms with Crippen LogP contribution in [-0.2, 0) is 20.0 Å². The minimum absolute atomic E-state index is 0.182. The molecule has 0 saturated carbocycles. The molecule has 124 valence electrons.